The molecular weight excluding hydrogens is 232 g/mol. The first kappa shape index (κ1) is 14.0. The van der Waals surface area contributed by atoms with Crippen LogP contribution in [0.4, 0.5) is 0 Å². The predicted molar refractivity (Wildman–Crippen MR) is 75.2 cm³/mol. The first-order valence-electron chi connectivity index (χ1n) is 5.82. The second-order valence-corrected chi connectivity index (χ2v) is 5.93. The van der Waals surface area contributed by atoms with Gasteiger partial charge in [0.15, 0.2) is 0 Å². The van der Waals surface area contributed by atoms with Crippen LogP contribution in [-0.2, 0) is 0 Å². The fourth-order valence-electron chi connectivity index (χ4n) is 1.72. The van der Waals surface area contributed by atoms with E-state index < -0.39 is 0 Å². The highest BCUT2D eigenvalue weighted by molar-refractivity contribution is 7.12. The molecule has 4 N–H and O–H groups in total. The van der Waals surface area contributed by atoms with Gasteiger partial charge in [-0.25, -0.2) is 10.8 Å². The first-order valence-corrected chi connectivity index (χ1v) is 6.63. The molecule has 0 aliphatic heterocycles. The molecule has 17 heavy (non-hydrogen) atoms. The molecule has 1 rings (SSSR count). The number of aliphatic imine (C=N–C) groups is 1. The van der Waals surface area contributed by atoms with Crippen LogP contribution < -0.4 is 16.6 Å². The van der Waals surface area contributed by atoms with Gasteiger partial charge in [-0.3, -0.25) is 5.43 Å². The summed E-state index contributed by atoms with van der Waals surface area (Å²) < 4.78 is 0. The molecule has 0 saturated carbocycles. The molecule has 1 atom stereocenters. The van der Waals surface area contributed by atoms with E-state index in [-0.39, 0.29) is 6.04 Å². The minimum absolute atomic E-state index is 0.109. The number of thiophene rings is 1. The molecule has 0 amide bonds. The van der Waals surface area contributed by atoms with Gasteiger partial charge in [0.25, 0.3) is 0 Å². The van der Waals surface area contributed by atoms with Gasteiger partial charge in [-0.1, -0.05) is 0 Å². The molecule has 5 heteroatoms. The van der Waals surface area contributed by atoms with Gasteiger partial charge in [0.05, 0.1) is 6.04 Å². The van der Waals surface area contributed by atoms with Crippen molar-refractivity contribution < 1.29 is 0 Å². The van der Waals surface area contributed by atoms with Crippen LogP contribution >= 0.6 is 11.3 Å². The smallest absolute Gasteiger partial charge is 0.206 e. The molecular formula is C12H22N4S. The minimum atomic E-state index is 0.109. The predicted octanol–water partition coefficient (Wildman–Crippen LogP) is 2.24. The number of nitrogens with two attached hydrogens (primary N) is 1. The number of hydrogen-bond acceptors (Lipinski definition) is 3. The van der Waals surface area contributed by atoms with Crippen molar-refractivity contribution in [2.24, 2.45) is 10.8 Å². The van der Waals surface area contributed by atoms with Crippen LogP contribution in [0.5, 0.6) is 0 Å². The van der Waals surface area contributed by atoms with Crippen LogP contribution in [-0.4, -0.2) is 12.0 Å². The number of nitrogens with zero attached hydrogens (tertiary/aromatic N) is 1. The van der Waals surface area contributed by atoms with E-state index in [0.717, 1.165) is 0 Å². The number of guanidine groups is 1. The first-order chi connectivity index (χ1) is 7.93. The van der Waals surface area contributed by atoms with Crippen molar-refractivity contribution in [3.8, 4) is 0 Å². The Morgan fingerprint density at radius 3 is 2.41 bits per heavy atom. The topological polar surface area (TPSA) is 62.4 Å². The average molecular weight is 254 g/mol. The van der Waals surface area contributed by atoms with Gasteiger partial charge in [-0.15, -0.1) is 11.3 Å². The summed E-state index contributed by atoms with van der Waals surface area (Å²) in [5.41, 5.74) is 3.87. The van der Waals surface area contributed by atoms with Crippen molar-refractivity contribution in [2.45, 2.75) is 46.7 Å². The van der Waals surface area contributed by atoms with Crippen LogP contribution in [0, 0.1) is 13.8 Å². The summed E-state index contributed by atoms with van der Waals surface area (Å²) >= 11 is 1.80. The third-order valence-corrected chi connectivity index (χ3v) is 3.40. The van der Waals surface area contributed by atoms with Gasteiger partial charge in [-0.05, 0) is 46.2 Å². The SMILES string of the molecule is Cc1cc(C(C)N=C(NN)NC(C)C)c(C)s1. The normalized spacial score (nSPS) is 13.9. The molecule has 0 aliphatic rings. The lowest BCUT2D eigenvalue weighted by atomic mass is 10.1. The van der Waals surface area contributed by atoms with Crippen LogP contribution in [0.1, 0.15) is 42.1 Å². The average Bonchev–Trinajstić information content (AvgIpc) is 2.56. The van der Waals surface area contributed by atoms with E-state index in [1.54, 1.807) is 11.3 Å². The molecule has 0 radical (unpaired) electrons. The zero-order valence-electron chi connectivity index (χ0n) is 11.2. The Morgan fingerprint density at radius 1 is 1.35 bits per heavy atom. The lowest BCUT2D eigenvalue weighted by molar-refractivity contribution is 0.688. The van der Waals surface area contributed by atoms with Gasteiger partial charge in [0.1, 0.15) is 0 Å². The van der Waals surface area contributed by atoms with E-state index in [4.69, 9.17) is 5.84 Å². The number of hydrogen-bond donors (Lipinski definition) is 3. The van der Waals surface area contributed by atoms with Crippen LogP contribution in [0.15, 0.2) is 11.1 Å². The van der Waals surface area contributed by atoms with Crippen LogP contribution in [0.2, 0.25) is 0 Å². The van der Waals surface area contributed by atoms with E-state index in [1.807, 2.05) is 0 Å². The third-order valence-electron chi connectivity index (χ3n) is 2.41. The molecule has 0 spiro atoms. The Bertz CT molecular complexity index is 395. The molecule has 0 saturated heterocycles. The zero-order chi connectivity index (χ0) is 13.0. The van der Waals surface area contributed by atoms with Crippen molar-refractivity contribution in [3.05, 3.63) is 21.4 Å². The van der Waals surface area contributed by atoms with E-state index in [0.29, 0.717) is 12.0 Å². The molecule has 1 heterocycles. The summed E-state index contributed by atoms with van der Waals surface area (Å²) in [6, 6.07) is 2.61. The summed E-state index contributed by atoms with van der Waals surface area (Å²) in [6.45, 7) is 10.4. The summed E-state index contributed by atoms with van der Waals surface area (Å²) in [6.07, 6.45) is 0. The quantitative estimate of drug-likeness (QED) is 0.335. The summed E-state index contributed by atoms with van der Waals surface area (Å²) in [7, 11) is 0. The molecule has 1 aromatic heterocycles. The van der Waals surface area contributed by atoms with E-state index >= 15 is 0 Å². The van der Waals surface area contributed by atoms with Crippen molar-refractivity contribution in [1.29, 1.82) is 0 Å². The van der Waals surface area contributed by atoms with Crippen LogP contribution in [0.25, 0.3) is 0 Å². The maximum atomic E-state index is 5.45. The zero-order valence-corrected chi connectivity index (χ0v) is 12.0. The lowest BCUT2D eigenvalue weighted by Gasteiger charge is -2.14. The van der Waals surface area contributed by atoms with Crippen molar-refractivity contribution in [1.82, 2.24) is 10.7 Å². The maximum absolute atomic E-state index is 5.45. The van der Waals surface area contributed by atoms with Crippen molar-refractivity contribution in [2.75, 3.05) is 0 Å². The van der Waals surface area contributed by atoms with Crippen molar-refractivity contribution >= 4 is 17.3 Å². The molecule has 0 fully saturated rings. The molecule has 96 valence electrons. The third kappa shape index (κ3) is 4.02. The Balaban J connectivity index is 2.85. The van der Waals surface area contributed by atoms with E-state index in [2.05, 4.69) is 56.4 Å². The molecule has 1 aromatic rings. The van der Waals surface area contributed by atoms with Gasteiger partial charge in [0.2, 0.25) is 5.96 Å². The lowest BCUT2D eigenvalue weighted by Crippen LogP contribution is -2.44. The Labute approximate surface area is 107 Å². The highest BCUT2D eigenvalue weighted by Crippen LogP contribution is 2.28. The second-order valence-electron chi connectivity index (χ2n) is 4.47. The number of rotatable bonds is 3. The summed E-state index contributed by atoms with van der Waals surface area (Å²) in [5, 5.41) is 3.17. The van der Waals surface area contributed by atoms with E-state index in [1.165, 1.54) is 15.3 Å². The molecule has 0 bridgehead atoms. The Morgan fingerprint density at radius 2 is 2.00 bits per heavy atom. The molecule has 0 aliphatic carbocycles. The maximum Gasteiger partial charge on any atom is 0.206 e. The number of nitrogens with one attached hydrogen (secondary N) is 2. The summed E-state index contributed by atoms with van der Waals surface area (Å²) in [4.78, 5) is 7.19. The standard InChI is InChI=1S/C12H22N4S/c1-7(2)14-12(16-13)15-9(4)11-6-8(3)17-10(11)5/h6-7,9H,13H2,1-5H3,(H2,14,15,16). The van der Waals surface area contributed by atoms with E-state index in [9.17, 15) is 0 Å². The number of hydrazine groups is 1. The largest absolute Gasteiger partial charge is 0.353 e. The fraction of sp³-hybridized carbons (Fsp3) is 0.583. The Hall–Kier alpha value is -1.07. The number of aryl methyl sites for hydroxylation is 2. The molecule has 0 aromatic carbocycles. The second kappa shape index (κ2) is 6.02. The highest BCUT2D eigenvalue weighted by Gasteiger charge is 2.11. The van der Waals surface area contributed by atoms with Crippen molar-refractivity contribution in [3.63, 3.8) is 0 Å². The fourth-order valence-corrected chi connectivity index (χ4v) is 2.73. The Kier molecular flexibility index (Phi) is 4.96. The van der Waals surface area contributed by atoms with Gasteiger partial charge >= 0.3 is 0 Å². The monoisotopic (exact) mass is 254 g/mol. The summed E-state index contributed by atoms with van der Waals surface area (Å²) in [5.74, 6) is 6.08. The van der Waals surface area contributed by atoms with Crippen LogP contribution in [0.3, 0.4) is 0 Å². The minimum Gasteiger partial charge on any atom is -0.353 e. The highest BCUT2D eigenvalue weighted by atomic mass is 32.1. The molecule has 1 unspecified atom stereocenters. The van der Waals surface area contributed by atoms with Gasteiger partial charge < -0.3 is 5.32 Å². The van der Waals surface area contributed by atoms with Gasteiger partial charge in [-0.2, -0.15) is 0 Å². The van der Waals surface area contributed by atoms with Gasteiger partial charge in [0, 0.05) is 15.8 Å². The molecule has 4 nitrogen and oxygen atoms in total.